The van der Waals surface area contributed by atoms with Crippen molar-refractivity contribution < 1.29 is 52.8 Å². The summed E-state index contributed by atoms with van der Waals surface area (Å²) < 4.78 is 43.0. The van der Waals surface area contributed by atoms with Crippen LogP contribution in [0.1, 0.15) is 327 Å². The van der Waals surface area contributed by atoms with E-state index >= 15 is 0 Å². The second-order valence-electron chi connectivity index (χ2n) is 51.6. The van der Waals surface area contributed by atoms with Crippen molar-refractivity contribution in [3.63, 3.8) is 0 Å². The number of hydrogen-bond donors (Lipinski definition) is 5. The molecular formula is C114H160BrF3N12O8. The average molecular weight is 1960 g/mol. The number of hydrogen-bond acceptors (Lipinski definition) is 16. The number of rotatable bonds is 11. The highest BCUT2D eigenvalue weighted by molar-refractivity contribution is 9.09. The average Bonchev–Trinajstić information content (AvgIpc) is 1.19. The summed E-state index contributed by atoms with van der Waals surface area (Å²) in [6, 6.07) is 19.2. The van der Waals surface area contributed by atoms with E-state index in [0.717, 1.165) is 180 Å². The van der Waals surface area contributed by atoms with Crippen LogP contribution in [-0.2, 0) is 38.8 Å². The number of carbonyl (C=O) groups is 4. The fourth-order valence-electron chi connectivity index (χ4n) is 36.8. The maximum atomic E-state index is 13.8. The lowest BCUT2D eigenvalue weighted by Crippen LogP contribution is -2.55. The van der Waals surface area contributed by atoms with Gasteiger partial charge in [0.05, 0.1) is 38.8 Å². The predicted octanol–water partition coefficient (Wildman–Crippen LogP) is 23.9. The summed E-state index contributed by atoms with van der Waals surface area (Å²) >= 11 is 3.43. The zero-order chi connectivity index (χ0) is 96.7. The Hall–Kier alpha value is -6.73. The quantitative estimate of drug-likeness (QED) is 0.0752. The Labute approximate surface area is 824 Å². The van der Waals surface area contributed by atoms with Gasteiger partial charge in [0.25, 0.3) is 0 Å². The molecule has 4 aromatic heterocycles. The number of aromatic nitrogens is 12. The third kappa shape index (κ3) is 17.6. The van der Waals surface area contributed by atoms with Crippen molar-refractivity contribution in [2.24, 2.45) is 162 Å². The molecular weight excluding hydrogens is 1800 g/mol. The molecule has 0 radical (unpaired) electrons. The van der Waals surface area contributed by atoms with E-state index in [1.807, 2.05) is 45.9 Å². The SMILES string of the molecule is C.C[C@@]1(O)CC[C@@]2(C)[C@@H](CC[C@@H]3[C@@H]2CC[C@]2(C)[C@@H](C(=O)CBr)CC[C@@H]32)C1.C[C@@]1(O)CC[C@@]2(C)[C@@H](CC[C@@H]3[C@@H]2CC[C@]2(C)[C@@H](C(=O)Cn4nnc5cc(F)ccc54)CC[C@@H]32)C1.C[C@@]1(O)CC[C@@]2(C)[C@@H](CC[C@@H]3[C@@H]2CC[C@]2(C)[C@@H](C(=O)Cn4nnc5ccc(F)cc54)CC[C@@H]32)C1.Cc1ccc2nn(CC(=O)[C@H]3CC[C@H]4[C@@H]5CC[C@H]6C[C@](C)(O)CC[C@]6(C)[C@H]5CC[C@]34C)nc2c1.Fc1ccc2n[nH]nc2c1. The monoisotopic (exact) mass is 1960 g/mol. The lowest BCUT2D eigenvalue weighted by molar-refractivity contribution is -0.151. The summed E-state index contributed by atoms with van der Waals surface area (Å²) in [4.78, 5) is 55.0. The Morgan fingerprint density at radius 2 is 0.667 bits per heavy atom. The van der Waals surface area contributed by atoms with Gasteiger partial charge in [0.2, 0.25) is 0 Å². The van der Waals surface area contributed by atoms with Crippen molar-refractivity contribution in [2.45, 2.75) is 371 Å². The topological polar surface area (TPSA) is 283 Å². The van der Waals surface area contributed by atoms with Gasteiger partial charge in [-0.3, -0.25) is 19.2 Å². The molecule has 20 nitrogen and oxygen atoms in total. The highest BCUT2D eigenvalue weighted by Gasteiger charge is 2.68. The van der Waals surface area contributed by atoms with Crippen LogP contribution in [0.4, 0.5) is 13.2 Å². The Morgan fingerprint density at radius 3 is 1.07 bits per heavy atom. The Balaban J connectivity index is 0.000000114. The third-order valence-corrected chi connectivity index (χ3v) is 44.8. The number of nitrogens with one attached hydrogen (secondary N) is 1. The molecule has 8 aromatic rings. The van der Waals surface area contributed by atoms with E-state index in [0.29, 0.717) is 126 Å². The van der Waals surface area contributed by atoms with Crippen LogP contribution in [0.15, 0.2) is 72.8 Å². The molecule has 16 aliphatic rings. The van der Waals surface area contributed by atoms with Crippen molar-refractivity contribution in [3.05, 3.63) is 95.8 Å². The molecule has 0 amide bonds. The Kier molecular flexibility index (Phi) is 26.6. The molecule has 4 heterocycles. The number of halogens is 4. The van der Waals surface area contributed by atoms with Crippen LogP contribution in [0.5, 0.6) is 0 Å². The molecule has 16 saturated carbocycles. The minimum atomic E-state index is -0.500. The van der Waals surface area contributed by atoms with Crippen LogP contribution in [0, 0.1) is 186 Å². The summed E-state index contributed by atoms with van der Waals surface area (Å²) in [6.07, 6.45) is 40.8. The van der Waals surface area contributed by atoms with E-state index in [4.69, 9.17) is 0 Å². The van der Waals surface area contributed by atoms with E-state index in [1.165, 1.54) is 151 Å². The molecule has 0 saturated heterocycles. The van der Waals surface area contributed by atoms with Crippen LogP contribution < -0.4 is 0 Å². The summed E-state index contributed by atoms with van der Waals surface area (Å²) in [5.41, 5.74) is 6.59. The van der Waals surface area contributed by atoms with E-state index < -0.39 is 22.4 Å². The zero-order valence-electron chi connectivity index (χ0n) is 84.1. The highest BCUT2D eigenvalue weighted by atomic mass is 79.9. The summed E-state index contributed by atoms with van der Waals surface area (Å²) in [6.45, 7) is 30.6. The number of H-pyrrole nitrogens is 1. The Morgan fingerprint density at radius 1 is 0.341 bits per heavy atom. The van der Waals surface area contributed by atoms with Gasteiger partial charge >= 0.3 is 0 Å². The minimum absolute atomic E-state index is 0. The lowest BCUT2D eigenvalue weighted by Gasteiger charge is -2.61. The number of fused-ring (bicyclic) bond motifs is 24. The van der Waals surface area contributed by atoms with Gasteiger partial charge in [-0.1, -0.05) is 95.2 Å². The van der Waals surface area contributed by atoms with Crippen LogP contribution in [0.3, 0.4) is 0 Å². The maximum Gasteiger partial charge on any atom is 0.159 e. The fourth-order valence-corrected chi connectivity index (χ4v) is 37.2. The number of aryl methyl sites for hydroxylation is 1. The Bertz CT molecular complexity index is 5850. The van der Waals surface area contributed by atoms with Gasteiger partial charge in [0, 0.05) is 41.9 Å². The first-order valence-electron chi connectivity index (χ1n) is 53.7. The predicted molar refractivity (Wildman–Crippen MR) is 535 cm³/mol. The van der Waals surface area contributed by atoms with E-state index in [1.54, 1.807) is 32.4 Å². The van der Waals surface area contributed by atoms with Gasteiger partial charge in [-0.15, -0.1) is 10.2 Å². The molecule has 0 spiro atoms. The number of nitrogens with zero attached hydrogens (tertiary/aromatic N) is 11. The molecule has 752 valence electrons. The first kappa shape index (κ1) is 100.0. The minimum Gasteiger partial charge on any atom is -0.390 e. The summed E-state index contributed by atoms with van der Waals surface area (Å²) in [7, 11) is 0. The lowest BCUT2D eigenvalue weighted by atomic mass is 9.44. The van der Waals surface area contributed by atoms with Crippen LogP contribution in [0.2, 0.25) is 0 Å². The number of aromatic amines is 1. The number of aliphatic hydroxyl groups is 4. The number of Topliss-reactive ketones (excluding diaryl/α,β-unsaturated/α-hetero) is 4. The van der Waals surface area contributed by atoms with Crippen LogP contribution in [0.25, 0.3) is 44.1 Å². The zero-order valence-corrected chi connectivity index (χ0v) is 85.7. The van der Waals surface area contributed by atoms with E-state index in [9.17, 15) is 52.8 Å². The normalized spacial score (nSPS) is 43.2. The second-order valence-corrected chi connectivity index (χ2v) is 52.1. The smallest absolute Gasteiger partial charge is 0.159 e. The summed E-state index contributed by atoms with van der Waals surface area (Å²) in [5.74, 6) is 12.1. The first-order chi connectivity index (χ1) is 64.9. The molecule has 32 atom stereocenters. The summed E-state index contributed by atoms with van der Waals surface area (Å²) in [5, 5.41) is 78.9. The largest absolute Gasteiger partial charge is 0.390 e. The molecule has 16 aliphatic carbocycles. The van der Waals surface area contributed by atoms with Crippen molar-refractivity contribution in [2.75, 3.05) is 5.33 Å². The second kappa shape index (κ2) is 36.8. The van der Waals surface area contributed by atoms with Crippen molar-refractivity contribution in [3.8, 4) is 0 Å². The van der Waals surface area contributed by atoms with Gasteiger partial charge in [0.1, 0.15) is 76.0 Å². The van der Waals surface area contributed by atoms with Crippen molar-refractivity contribution in [1.82, 2.24) is 60.4 Å². The number of ketones is 4. The van der Waals surface area contributed by atoms with Gasteiger partial charge < -0.3 is 20.4 Å². The van der Waals surface area contributed by atoms with Crippen LogP contribution in [-0.4, -0.2) is 132 Å². The molecule has 24 heteroatoms. The molecule has 5 N–H and O–H groups in total. The number of carbonyl (C=O) groups excluding carboxylic acids is 4. The van der Waals surface area contributed by atoms with E-state index in [2.05, 4.69) is 124 Å². The van der Waals surface area contributed by atoms with Gasteiger partial charge in [-0.25, -0.2) is 22.5 Å². The molecule has 4 aromatic carbocycles. The van der Waals surface area contributed by atoms with E-state index in [-0.39, 0.29) is 94.9 Å². The molecule has 0 bridgehead atoms. The van der Waals surface area contributed by atoms with Gasteiger partial charge in [-0.05, 0) is 458 Å². The molecule has 0 aliphatic heterocycles. The first-order valence-corrected chi connectivity index (χ1v) is 54.8. The molecule has 0 unspecified atom stereocenters. The number of alkyl halides is 1. The van der Waals surface area contributed by atoms with Gasteiger partial charge in [0.15, 0.2) is 17.3 Å². The van der Waals surface area contributed by atoms with Crippen molar-refractivity contribution in [1.29, 1.82) is 0 Å². The molecule has 138 heavy (non-hydrogen) atoms. The van der Waals surface area contributed by atoms with Crippen molar-refractivity contribution >= 4 is 83.2 Å². The third-order valence-electron chi connectivity index (χ3n) is 44.2. The van der Waals surface area contributed by atoms with Gasteiger partial charge in [-0.2, -0.15) is 30.4 Å². The maximum absolute atomic E-state index is 13.8. The fraction of sp³-hybridized carbons (Fsp3) is 0.754. The highest BCUT2D eigenvalue weighted by Crippen LogP contribution is 2.74. The molecule has 24 rings (SSSR count). The standard InChI is InChI=1S/C29H41N3O2.2C28H38FN3O2.C22H35BrO2.C6H4FN3.CH4/c1-18-5-10-24-25(15-18)31-32(30-24)17-26(33)23-9-8-21-20-7-6-19-16-27(2,34)13-14-28(19,3)22(20)11-12-29(21,23)4;1-26(34)12-13-27(2)17(15-26)4-6-19-20-7-8-22(28(20,3)11-10-21(19)27)25(33)16-32-24-9-5-18(29)14-23(24)30-31-32;1-26(34)12-13-27(2)17(15-26)4-6-19-20-7-8-22(28(20,3)11-10-21(19)27)25(33)16-32-24-14-18(29)5-9-23(24)30-31-32;1-20(25)10-11-21(2)14(12-20)4-5-15-16-6-7-18(19(24)13-23)22(16,3)9-8-17(15)21;7-4-1-2-5-6(3-4)9-10-8-5;/h5,10,15,19-23,34H,6-9,11-14,16-17H2,1-4H3;2*5,9,14,17,19-22,34H,4,6-8,10-13,15-16H2,1-3H3;14-18,25H,4-13H2,1-3H3;1-3H,(H,8,9,10);1H4/t19-,20-,21-,22-,23+,27+,28-,29-;2*17-,19-,20-,21-,22+,26+,27-,28-;14-,15-,16-,17-,18+,20+,21-,22-;;/m0000../s1. The van der Waals surface area contributed by atoms with Crippen LogP contribution >= 0.6 is 15.9 Å². The molecule has 16 fully saturated rings. The number of benzene rings is 4.